The Bertz CT molecular complexity index is 244. The summed E-state index contributed by atoms with van der Waals surface area (Å²) in [7, 11) is 0. The first-order chi connectivity index (χ1) is 7.95. The molecular formula is C13H26N2OS. The molecule has 1 saturated heterocycles. The molecule has 1 amide bonds. The number of rotatable bonds is 4. The van der Waals surface area contributed by atoms with Gasteiger partial charge in [-0.15, -0.1) is 11.8 Å². The highest BCUT2D eigenvalue weighted by molar-refractivity contribution is 8.00. The van der Waals surface area contributed by atoms with Crippen molar-refractivity contribution in [3.8, 4) is 0 Å². The molecule has 0 bridgehead atoms. The fourth-order valence-corrected chi connectivity index (χ4v) is 3.24. The highest BCUT2D eigenvalue weighted by Gasteiger charge is 2.25. The average molecular weight is 258 g/mol. The lowest BCUT2D eigenvalue weighted by atomic mass is 9.92. The van der Waals surface area contributed by atoms with Crippen LogP contribution < -0.4 is 5.73 Å². The average Bonchev–Trinajstić information content (AvgIpc) is 2.29. The van der Waals surface area contributed by atoms with Gasteiger partial charge in [0.15, 0.2) is 0 Å². The molecule has 0 saturated carbocycles. The molecule has 1 fully saturated rings. The Hall–Kier alpha value is -0.220. The van der Waals surface area contributed by atoms with Gasteiger partial charge in [-0.1, -0.05) is 20.8 Å². The molecule has 0 aromatic heterocycles. The lowest BCUT2D eigenvalue weighted by molar-refractivity contribution is -0.129. The van der Waals surface area contributed by atoms with Gasteiger partial charge in [0, 0.05) is 24.9 Å². The molecule has 17 heavy (non-hydrogen) atoms. The van der Waals surface area contributed by atoms with Crippen LogP contribution in [0, 0.1) is 5.41 Å². The van der Waals surface area contributed by atoms with Crippen LogP contribution in [0.4, 0.5) is 0 Å². The molecule has 2 N–H and O–H groups in total. The summed E-state index contributed by atoms with van der Waals surface area (Å²) < 4.78 is 0. The fourth-order valence-electron chi connectivity index (χ4n) is 2.08. The van der Waals surface area contributed by atoms with Gasteiger partial charge in [-0.05, 0) is 24.7 Å². The number of carbonyl (C=O) groups is 1. The molecule has 0 aromatic carbocycles. The zero-order valence-electron chi connectivity index (χ0n) is 11.4. The van der Waals surface area contributed by atoms with Crippen molar-refractivity contribution >= 4 is 17.7 Å². The summed E-state index contributed by atoms with van der Waals surface area (Å²) in [5.41, 5.74) is 5.95. The van der Waals surface area contributed by atoms with E-state index in [1.165, 1.54) is 6.42 Å². The summed E-state index contributed by atoms with van der Waals surface area (Å²) in [6.45, 7) is 9.08. The van der Waals surface area contributed by atoms with Crippen molar-refractivity contribution in [2.75, 3.05) is 25.4 Å². The van der Waals surface area contributed by atoms with Gasteiger partial charge in [0.25, 0.3) is 0 Å². The Labute approximate surface area is 109 Å². The Morgan fingerprint density at radius 2 is 1.88 bits per heavy atom. The van der Waals surface area contributed by atoms with Crippen LogP contribution in [0.25, 0.3) is 0 Å². The number of nitrogens with two attached hydrogens (primary N) is 1. The van der Waals surface area contributed by atoms with Gasteiger partial charge >= 0.3 is 0 Å². The highest BCUT2D eigenvalue weighted by atomic mass is 32.2. The SMILES string of the molecule is CC(C)(C)C(CN)SCC(=O)N1CCCCC1. The van der Waals surface area contributed by atoms with Gasteiger partial charge in [0.1, 0.15) is 0 Å². The second-order valence-corrected chi connectivity index (χ2v) is 7.03. The lowest BCUT2D eigenvalue weighted by Gasteiger charge is -2.31. The maximum Gasteiger partial charge on any atom is 0.232 e. The van der Waals surface area contributed by atoms with Crippen LogP contribution in [-0.2, 0) is 4.79 Å². The predicted octanol–water partition coefficient (Wildman–Crippen LogP) is 2.11. The first-order valence-corrected chi connectivity index (χ1v) is 7.59. The Kier molecular flexibility index (Phi) is 5.80. The van der Waals surface area contributed by atoms with Crippen LogP contribution in [-0.4, -0.2) is 41.4 Å². The summed E-state index contributed by atoms with van der Waals surface area (Å²) in [6, 6.07) is 0. The molecule has 0 spiro atoms. The first kappa shape index (κ1) is 14.8. The van der Waals surface area contributed by atoms with Crippen LogP contribution in [0.5, 0.6) is 0 Å². The molecule has 3 nitrogen and oxygen atoms in total. The number of carbonyl (C=O) groups excluding carboxylic acids is 1. The summed E-state index contributed by atoms with van der Waals surface area (Å²) in [4.78, 5) is 14.0. The number of hydrogen-bond acceptors (Lipinski definition) is 3. The maximum atomic E-state index is 12.0. The quantitative estimate of drug-likeness (QED) is 0.840. The highest BCUT2D eigenvalue weighted by Crippen LogP contribution is 2.29. The van der Waals surface area contributed by atoms with Crippen molar-refractivity contribution in [2.24, 2.45) is 11.1 Å². The van der Waals surface area contributed by atoms with E-state index in [0.29, 0.717) is 17.5 Å². The molecule has 0 aromatic rings. The predicted molar refractivity (Wildman–Crippen MR) is 75.2 cm³/mol. The molecule has 0 aliphatic carbocycles. The third kappa shape index (κ3) is 4.88. The number of thioether (sulfide) groups is 1. The second-order valence-electron chi connectivity index (χ2n) is 5.84. The van der Waals surface area contributed by atoms with Gasteiger partial charge in [-0.25, -0.2) is 0 Å². The van der Waals surface area contributed by atoms with Crippen LogP contribution in [0.3, 0.4) is 0 Å². The molecule has 1 rings (SSSR count). The van der Waals surface area contributed by atoms with Crippen molar-refractivity contribution in [1.29, 1.82) is 0 Å². The van der Waals surface area contributed by atoms with E-state index in [4.69, 9.17) is 5.73 Å². The number of likely N-dealkylation sites (tertiary alicyclic amines) is 1. The van der Waals surface area contributed by atoms with E-state index in [9.17, 15) is 4.79 Å². The normalized spacial score (nSPS) is 19.2. The van der Waals surface area contributed by atoms with Gasteiger partial charge in [0.2, 0.25) is 5.91 Å². The van der Waals surface area contributed by atoms with Crippen LogP contribution in [0.15, 0.2) is 0 Å². The minimum Gasteiger partial charge on any atom is -0.342 e. The molecule has 100 valence electrons. The molecule has 1 aliphatic heterocycles. The molecule has 1 atom stereocenters. The number of nitrogens with zero attached hydrogens (tertiary/aromatic N) is 1. The van der Waals surface area contributed by atoms with Gasteiger partial charge in [-0.2, -0.15) is 0 Å². The minimum absolute atomic E-state index is 0.168. The van der Waals surface area contributed by atoms with Crippen molar-refractivity contribution in [2.45, 2.75) is 45.3 Å². The van der Waals surface area contributed by atoms with E-state index < -0.39 is 0 Å². The van der Waals surface area contributed by atoms with E-state index in [0.717, 1.165) is 25.9 Å². The molecule has 0 radical (unpaired) electrons. The van der Waals surface area contributed by atoms with Crippen molar-refractivity contribution in [1.82, 2.24) is 4.90 Å². The van der Waals surface area contributed by atoms with Gasteiger partial charge in [-0.3, -0.25) is 4.79 Å². The maximum absolute atomic E-state index is 12.0. The summed E-state index contributed by atoms with van der Waals surface area (Å²) in [5.74, 6) is 0.872. The Balaban J connectivity index is 2.35. The van der Waals surface area contributed by atoms with E-state index >= 15 is 0 Å². The Morgan fingerprint density at radius 1 is 1.29 bits per heavy atom. The lowest BCUT2D eigenvalue weighted by Crippen LogP contribution is -2.38. The first-order valence-electron chi connectivity index (χ1n) is 6.54. The van der Waals surface area contributed by atoms with Crippen molar-refractivity contribution in [3.63, 3.8) is 0 Å². The second kappa shape index (κ2) is 6.64. The summed E-state index contributed by atoms with van der Waals surface area (Å²) >= 11 is 1.71. The van der Waals surface area contributed by atoms with E-state index in [1.807, 2.05) is 4.90 Å². The van der Waals surface area contributed by atoms with Gasteiger partial charge in [0.05, 0.1) is 5.75 Å². The smallest absolute Gasteiger partial charge is 0.232 e. The summed E-state index contributed by atoms with van der Waals surface area (Å²) in [5, 5.41) is 0.358. The largest absolute Gasteiger partial charge is 0.342 e. The zero-order chi connectivity index (χ0) is 12.9. The van der Waals surface area contributed by atoms with Crippen molar-refractivity contribution < 1.29 is 4.79 Å². The van der Waals surface area contributed by atoms with Gasteiger partial charge < -0.3 is 10.6 Å². The van der Waals surface area contributed by atoms with Crippen LogP contribution >= 0.6 is 11.8 Å². The Morgan fingerprint density at radius 3 is 2.35 bits per heavy atom. The fraction of sp³-hybridized carbons (Fsp3) is 0.923. The third-order valence-electron chi connectivity index (χ3n) is 3.30. The topological polar surface area (TPSA) is 46.3 Å². The number of piperidine rings is 1. The number of amides is 1. The van der Waals surface area contributed by atoms with Crippen LogP contribution in [0.1, 0.15) is 40.0 Å². The summed E-state index contributed by atoms with van der Waals surface area (Å²) in [6.07, 6.45) is 3.59. The molecule has 1 heterocycles. The molecule has 4 heteroatoms. The standard InChI is InChI=1S/C13H26N2OS/c1-13(2,3)11(9-14)17-10-12(16)15-7-5-4-6-8-15/h11H,4-10,14H2,1-3H3. The number of hydrogen-bond donors (Lipinski definition) is 1. The van der Waals surface area contributed by atoms with E-state index in [-0.39, 0.29) is 11.3 Å². The minimum atomic E-state index is 0.168. The van der Waals surface area contributed by atoms with E-state index in [2.05, 4.69) is 20.8 Å². The molecule has 1 unspecified atom stereocenters. The zero-order valence-corrected chi connectivity index (χ0v) is 12.2. The van der Waals surface area contributed by atoms with Crippen molar-refractivity contribution in [3.05, 3.63) is 0 Å². The molecule has 1 aliphatic rings. The monoisotopic (exact) mass is 258 g/mol. The third-order valence-corrected chi connectivity index (χ3v) is 5.01. The van der Waals surface area contributed by atoms with E-state index in [1.54, 1.807) is 11.8 Å². The molecular weight excluding hydrogens is 232 g/mol. The van der Waals surface area contributed by atoms with Crippen LogP contribution in [0.2, 0.25) is 0 Å².